The quantitative estimate of drug-likeness (QED) is 0.229. The molecule has 0 aliphatic heterocycles. The molecule has 0 aliphatic rings. The van der Waals surface area contributed by atoms with Gasteiger partial charge in [0.1, 0.15) is 23.3 Å². The lowest BCUT2D eigenvalue weighted by molar-refractivity contribution is -0.138. The highest BCUT2D eigenvalue weighted by atomic mass is 19.4. The highest BCUT2D eigenvalue weighted by molar-refractivity contribution is 5.95. The van der Waals surface area contributed by atoms with Crippen molar-refractivity contribution in [2.75, 3.05) is 33.2 Å². The lowest BCUT2D eigenvalue weighted by Gasteiger charge is -2.18. The van der Waals surface area contributed by atoms with E-state index in [-0.39, 0.29) is 60.1 Å². The molecular weight excluding hydrogens is 696 g/mol. The van der Waals surface area contributed by atoms with Gasteiger partial charge in [-0.25, -0.2) is 0 Å². The molecule has 11 nitrogen and oxygen atoms in total. The van der Waals surface area contributed by atoms with Gasteiger partial charge in [-0.05, 0) is 69.4 Å². The zero-order valence-electron chi connectivity index (χ0n) is 27.7. The molecule has 0 fully saturated rings. The molecule has 4 aromatic rings. The van der Waals surface area contributed by atoms with Crippen LogP contribution in [-0.2, 0) is 12.4 Å². The van der Waals surface area contributed by atoms with E-state index in [1.807, 2.05) is 12.1 Å². The second kappa shape index (κ2) is 15.4. The van der Waals surface area contributed by atoms with Gasteiger partial charge in [0.05, 0.1) is 22.3 Å². The van der Waals surface area contributed by atoms with Crippen LogP contribution >= 0.6 is 0 Å². The molecule has 2 aromatic carbocycles. The Labute approximate surface area is 291 Å². The number of nitrogens with one attached hydrogen (secondary N) is 2. The summed E-state index contributed by atoms with van der Waals surface area (Å²) in [6.45, 7) is 3.00. The minimum atomic E-state index is -4.70. The van der Waals surface area contributed by atoms with Crippen LogP contribution in [0.2, 0.25) is 0 Å². The summed E-state index contributed by atoms with van der Waals surface area (Å²) in [7, 11) is 1.62. The molecule has 0 atom stereocenters. The van der Waals surface area contributed by atoms with Crippen molar-refractivity contribution < 1.29 is 35.9 Å². The number of carbonyl (C=O) groups is 2. The third kappa shape index (κ3) is 8.39. The standard InChI is InChI=1S/C35H29F6N7O4/c1-20-22(18-42)14-28(32(51)47(20)26-8-4-6-24(16-26)34(36,37)38)30(49)44-10-12-46(3)13-11-45-31(50)29-15-23(19-43)21(2)48(33(29)52)27-9-5-7-25(17-27)35(39,40)41/h4-9,14-17H,10-13H2,1-3H3,(H,44,49)(H,45,50). The average Bonchev–Trinajstić information content (AvgIpc) is 3.08. The molecule has 0 radical (unpaired) electrons. The van der Waals surface area contributed by atoms with E-state index in [0.717, 1.165) is 57.7 Å². The van der Waals surface area contributed by atoms with Gasteiger partial charge in [0, 0.05) is 48.9 Å². The van der Waals surface area contributed by atoms with Crippen molar-refractivity contribution in [1.29, 1.82) is 10.5 Å². The molecule has 4 rings (SSSR count). The fraction of sp³-hybridized carbons (Fsp3) is 0.257. The Morgan fingerprint density at radius 3 is 1.38 bits per heavy atom. The number of rotatable bonds is 10. The van der Waals surface area contributed by atoms with Crippen LogP contribution in [0.25, 0.3) is 11.4 Å². The highest BCUT2D eigenvalue weighted by Gasteiger charge is 2.32. The summed E-state index contributed by atoms with van der Waals surface area (Å²) >= 11 is 0. The van der Waals surface area contributed by atoms with Crippen LogP contribution in [0, 0.1) is 36.5 Å². The Morgan fingerprint density at radius 1 is 0.692 bits per heavy atom. The normalized spacial score (nSPS) is 11.5. The number of halogens is 6. The first kappa shape index (κ1) is 38.6. The van der Waals surface area contributed by atoms with Gasteiger partial charge in [0.25, 0.3) is 22.9 Å². The monoisotopic (exact) mass is 725 g/mol. The van der Waals surface area contributed by atoms with Crippen molar-refractivity contribution in [3.8, 4) is 23.5 Å². The van der Waals surface area contributed by atoms with Crippen LogP contribution in [0.4, 0.5) is 26.3 Å². The number of likely N-dealkylation sites (N-methyl/N-ethyl adjacent to an activating group) is 1. The Morgan fingerprint density at radius 2 is 1.06 bits per heavy atom. The van der Waals surface area contributed by atoms with Crippen molar-refractivity contribution in [3.63, 3.8) is 0 Å². The number of hydrogen-bond donors (Lipinski definition) is 2. The van der Waals surface area contributed by atoms with Gasteiger partial charge in [-0.1, -0.05) is 12.1 Å². The maximum Gasteiger partial charge on any atom is 0.416 e. The number of hydrogen-bond acceptors (Lipinski definition) is 7. The summed E-state index contributed by atoms with van der Waals surface area (Å²) in [5.74, 6) is -1.76. The lowest BCUT2D eigenvalue weighted by atomic mass is 10.1. The summed E-state index contributed by atoms with van der Waals surface area (Å²) in [6.07, 6.45) is -9.40. The first-order valence-electron chi connectivity index (χ1n) is 15.3. The fourth-order valence-electron chi connectivity index (χ4n) is 5.25. The number of alkyl halides is 6. The number of nitrogens with zero attached hydrogens (tertiary/aromatic N) is 5. The number of amides is 2. The van der Waals surface area contributed by atoms with E-state index in [4.69, 9.17) is 0 Å². The molecule has 2 aromatic heterocycles. The van der Waals surface area contributed by atoms with Crippen LogP contribution in [0.1, 0.15) is 54.4 Å². The molecule has 52 heavy (non-hydrogen) atoms. The summed E-state index contributed by atoms with van der Waals surface area (Å²) in [6, 6.07) is 13.6. The molecule has 270 valence electrons. The molecular formula is C35H29F6N7O4. The first-order valence-corrected chi connectivity index (χ1v) is 15.3. The van der Waals surface area contributed by atoms with E-state index in [0.29, 0.717) is 0 Å². The molecule has 17 heteroatoms. The third-order valence-electron chi connectivity index (χ3n) is 8.05. The molecule has 0 saturated carbocycles. The molecule has 0 unspecified atom stereocenters. The van der Waals surface area contributed by atoms with Gasteiger partial charge >= 0.3 is 12.4 Å². The van der Waals surface area contributed by atoms with E-state index in [9.17, 15) is 56.0 Å². The fourth-order valence-corrected chi connectivity index (χ4v) is 5.25. The first-order chi connectivity index (χ1) is 24.4. The Balaban J connectivity index is 1.42. The van der Waals surface area contributed by atoms with Gasteiger partial charge < -0.3 is 15.5 Å². The molecule has 2 amide bonds. The second-order valence-corrected chi connectivity index (χ2v) is 11.5. The third-order valence-corrected chi connectivity index (χ3v) is 8.05. The largest absolute Gasteiger partial charge is 0.416 e. The van der Waals surface area contributed by atoms with E-state index in [1.54, 1.807) is 11.9 Å². The topological polar surface area (TPSA) is 153 Å². The molecule has 0 aliphatic carbocycles. The lowest BCUT2D eigenvalue weighted by Crippen LogP contribution is -2.40. The van der Waals surface area contributed by atoms with Crippen molar-refractivity contribution in [3.05, 3.63) is 126 Å². The van der Waals surface area contributed by atoms with Crippen LogP contribution < -0.4 is 21.8 Å². The van der Waals surface area contributed by atoms with E-state index in [2.05, 4.69) is 10.6 Å². The van der Waals surface area contributed by atoms with Crippen LogP contribution in [-0.4, -0.2) is 59.1 Å². The van der Waals surface area contributed by atoms with Crippen LogP contribution in [0.3, 0.4) is 0 Å². The van der Waals surface area contributed by atoms with E-state index in [1.165, 1.54) is 26.0 Å². The molecule has 2 heterocycles. The number of pyridine rings is 2. The Bertz CT molecular complexity index is 2090. The molecule has 0 saturated heterocycles. The van der Waals surface area contributed by atoms with Crippen LogP contribution in [0.15, 0.2) is 70.3 Å². The van der Waals surface area contributed by atoms with Crippen molar-refractivity contribution in [2.45, 2.75) is 26.2 Å². The second-order valence-electron chi connectivity index (χ2n) is 11.5. The van der Waals surface area contributed by atoms with Gasteiger partial charge in [-0.2, -0.15) is 36.9 Å². The minimum absolute atomic E-state index is 0.0345. The van der Waals surface area contributed by atoms with Crippen molar-refractivity contribution >= 4 is 11.8 Å². The van der Waals surface area contributed by atoms with Gasteiger partial charge in [0.2, 0.25) is 0 Å². The summed E-state index contributed by atoms with van der Waals surface area (Å²) < 4.78 is 81.7. The number of benzene rings is 2. The number of carbonyl (C=O) groups excluding carboxylic acids is 2. The summed E-state index contributed by atoms with van der Waals surface area (Å²) in [4.78, 5) is 54.3. The SMILES string of the molecule is Cc1c(C#N)cc(C(=O)NCCN(C)CCNC(=O)c2cc(C#N)c(C)n(-c3cccc(C(F)(F)F)c3)c2=O)c(=O)n1-c1cccc(C(F)(F)F)c1. The van der Waals surface area contributed by atoms with Gasteiger partial charge in [0.15, 0.2) is 0 Å². The predicted octanol–water partition coefficient (Wildman–Crippen LogP) is 4.48. The average molecular weight is 726 g/mol. The Kier molecular flexibility index (Phi) is 11.4. The van der Waals surface area contributed by atoms with Gasteiger partial charge in [-0.15, -0.1) is 0 Å². The minimum Gasteiger partial charge on any atom is -0.351 e. The zero-order chi connectivity index (χ0) is 38.5. The van der Waals surface area contributed by atoms with E-state index >= 15 is 0 Å². The van der Waals surface area contributed by atoms with Gasteiger partial charge in [-0.3, -0.25) is 28.3 Å². The Hall–Kier alpha value is -6.20. The maximum absolute atomic E-state index is 13.3. The van der Waals surface area contributed by atoms with Crippen molar-refractivity contribution in [2.24, 2.45) is 0 Å². The zero-order valence-corrected chi connectivity index (χ0v) is 27.7. The van der Waals surface area contributed by atoms with Crippen molar-refractivity contribution in [1.82, 2.24) is 24.7 Å². The predicted molar refractivity (Wildman–Crippen MR) is 175 cm³/mol. The highest BCUT2D eigenvalue weighted by Crippen LogP contribution is 2.31. The smallest absolute Gasteiger partial charge is 0.351 e. The number of aromatic nitrogens is 2. The molecule has 0 bridgehead atoms. The maximum atomic E-state index is 13.3. The molecule has 2 N–H and O–H groups in total. The van der Waals surface area contributed by atoms with E-state index < -0.39 is 57.5 Å². The molecule has 0 spiro atoms. The van der Waals surface area contributed by atoms with Crippen LogP contribution in [0.5, 0.6) is 0 Å². The summed E-state index contributed by atoms with van der Waals surface area (Å²) in [5.41, 5.74) is -5.38. The number of nitriles is 2. The summed E-state index contributed by atoms with van der Waals surface area (Å²) in [5, 5.41) is 24.2.